The molecule has 0 saturated heterocycles. The van der Waals surface area contributed by atoms with E-state index in [4.69, 9.17) is 11.6 Å². The summed E-state index contributed by atoms with van der Waals surface area (Å²) in [5, 5.41) is 3.04. The molecule has 38 heavy (non-hydrogen) atoms. The summed E-state index contributed by atoms with van der Waals surface area (Å²) < 4.78 is 55.4. The average Bonchev–Trinajstić information content (AvgIpc) is 2.89. The molecule has 10 nitrogen and oxygen atoms in total. The van der Waals surface area contributed by atoms with Crippen molar-refractivity contribution in [2.75, 3.05) is 20.9 Å². The molecule has 4 rings (SSSR count). The van der Waals surface area contributed by atoms with Crippen LogP contribution in [-0.4, -0.2) is 39.3 Å². The van der Waals surface area contributed by atoms with Gasteiger partial charge in [0.15, 0.2) is 0 Å². The second-order valence-corrected chi connectivity index (χ2v) is 12.0. The molecule has 4 aromatic rings. The van der Waals surface area contributed by atoms with Gasteiger partial charge >= 0.3 is 0 Å². The fraction of sp³-hybridized carbons (Fsp3) is 0.0800. The van der Waals surface area contributed by atoms with Gasteiger partial charge in [0, 0.05) is 23.1 Å². The smallest absolute Gasteiger partial charge is 0.264 e. The fourth-order valence-electron chi connectivity index (χ4n) is 3.50. The minimum Gasteiger partial charge on any atom is -0.325 e. The summed E-state index contributed by atoms with van der Waals surface area (Å²) in [6, 6.07) is 19.4. The Hall–Kier alpha value is -4.00. The third-order valence-corrected chi connectivity index (χ3v) is 8.64. The Morgan fingerprint density at radius 1 is 0.868 bits per heavy atom. The minimum absolute atomic E-state index is 0.0200. The van der Waals surface area contributed by atoms with Crippen LogP contribution in [0.25, 0.3) is 0 Å². The quantitative estimate of drug-likeness (QED) is 0.309. The predicted octanol–water partition coefficient (Wildman–Crippen LogP) is 4.07. The number of benzene rings is 3. The van der Waals surface area contributed by atoms with Crippen LogP contribution in [0.3, 0.4) is 0 Å². The van der Waals surface area contributed by atoms with Gasteiger partial charge in [0.25, 0.3) is 20.0 Å². The summed E-state index contributed by atoms with van der Waals surface area (Å²) >= 11 is 6.05. The zero-order chi connectivity index (χ0) is 27.3. The lowest BCUT2D eigenvalue weighted by atomic mass is 10.2. The van der Waals surface area contributed by atoms with Crippen LogP contribution in [0, 0.1) is 6.92 Å². The van der Waals surface area contributed by atoms with Crippen molar-refractivity contribution < 1.29 is 21.6 Å². The number of halogens is 1. The second-order valence-electron chi connectivity index (χ2n) is 8.01. The first-order chi connectivity index (χ1) is 18.1. The first-order valence-corrected chi connectivity index (χ1v) is 14.4. The Morgan fingerprint density at radius 2 is 1.53 bits per heavy atom. The van der Waals surface area contributed by atoms with Crippen LogP contribution in [-0.2, 0) is 24.8 Å². The Labute approximate surface area is 225 Å². The Morgan fingerprint density at radius 3 is 2.16 bits per heavy atom. The Kier molecular flexibility index (Phi) is 7.95. The number of aromatic nitrogens is 2. The lowest BCUT2D eigenvalue weighted by Crippen LogP contribution is -2.38. The predicted molar refractivity (Wildman–Crippen MR) is 145 cm³/mol. The molecule has 196 valence electrons. The first kappa shape index (κ1) is 27.0. The van der Waals surface area contributed by atoms with Crippen molar-refractivity contribution in [2.45, 2.75) is 16.7 Å². The van der Waals surface area contributed by atoms with Gasteiger partial charge in [0.1, 0.15) is 6.54 Å². The molecular weight excluding hydrogens is 550 g/mol. The van der Waals surface area contributed by atoms with E-state index >= 15 is 0 Å². The third kappa shape index (κ3) is 6.28. The summed E-state index contributed by atoms with van der Waals surface area (Å²) in [7, 11) is -8.06. The van der Waals surface area contributed by atoms with Crippen LogP contribution in [0.15, 0.2) is 101 Å². The van der Waals surface area contributed by atoms with Gasteiger partial charge in [-0.05, 0) is 73.2 Å². The molecule has 3 aromatic carbocycles. The van der Waals surface area contributed by atoms with Crippen molar-refractivity contribution in [1.29, 1.82) is 0 Å². The topological polar surface area (TPSA) is 138 Å². The van der Waals surface area contributed by atoms with E-state index in [0.29, 0.717) is 16.3 Å². The minimum atomic E-state index is -4.10. The molecule has 0 aliphatic rings. The molecule has 0 unspecified atom stereocenters. The van der Waals surface area contributed by atoms with Crippen molar-refractivity contribution >= 4 is 54.9 Å². The lowest BCUT2D eigenvalue weighted by Gasteiger charge is -2.25. The van der Waals surface area contributed by atoms with Gasteiger partial charge in [0.05, 0.1) is 15.5 Å². The van der Waals surface area contributed by atoms with E-state index in [1.165, 1.54) is 54.9 Å². The van der Waals surface area contributed by atoms with Gasteiger partial charge in [-0.2, -0.15) is 0 Å². The number of anilines is 3. The van der Waals surface area contributed by atoms with Gasteiger partial charge < -0.3 is 5.32 Å². The van der Waals surface area contributed by atoms with Crippen LogP contribution in [0.1, 0.15) is 5.56 Å². The molecular formula is C25H22ClN5O5S2. The summed E-state index contributed by atoms with van der Waals surface area (Å²) in [5.74, 6) is -0.715. The van der Waals surface area contributed by atoms with Crippen molar-refractivity contribution in [1.82, 2.24) is 9.97 Å². The Bertz CT molecular complexity index is 1650. The summed E-state index contributed by atoms with van der Waals surface area (Å²) in [6.45, 7) is 1.16. The molecule has 1 aromatic heterocycles. The third-order valence-electron chi connectivity index (χ3n) is 5.29. The molecule has 1 heterocycles. The maximum atomic E-state index is 13.5. The summed E-state index contributed by atoms with van der Waals surface area (Å²) in [6.07, 6.45) is 2.80. The second kappa shape index (κ2) is 11.2. The molecule has 0 spiro atoms. The van der Waals surface area contributed by atoms with Crippen LogP contribution >= 0.6 is 11.6 Å². The number of carbonyl (C=O) groups excluding carboxylic acids is 1. The van der Waals surface area contributed by atoms with E-state index in [1.807, 2.05) is 0 Å². The van der Waals surface area contributed by atoms with Crippen LogP contribution in [0.5, 0.6) is 0 Å². The molecule has 0 atom stereocenters. The van der Waals surface area contributed by atoms with E-state index < -0.39 is 32.5 Å². The molecule has 0 radical (unpaired) electrons. The lowest BCUT2D eigenvalue weighted by molar-refractivity contribution is -0.114. The summed E-state index contributed by atoms with van der Waals surface area (Å²) in [4.78, 5) is 20.6. The Balaban J connectivity index is 1.55. The highest BCUT2D eigenvalue weighted by Crippen LogP contribution is 2.29. The number of carbonyl (C=O) groups is 1. The van der Waals surface area contributed by atoms with Crippen LogP contribution in [0.2, 0.25) is 5.02 Å². The number of hydrogen-bond acceptors (Lipinski definition) is 7. The van der Waals surface area contributed by atoms with Crippen LogP contribution < -0.4 is 14.3 Å². The monoisotopic (exact) mass is 571 g/mol. The van der Waals surface area contributed by atoms with E-state index in [-0.39, 0.29) is 21.4 Å². The number of sulfonamides is 2. The number of aryl methyl sites for hydroxylation is 1. The maximum absolute atomic E-state index is 13.5. The number of amides is 1. The standard InChI is InChI=1S/C25H22ClN5O5S2/c1-18-16-19(26)8-13-23(18)31(38(35,36)22-6-3-2-4-7-22)17-24(32)29-20-9-11-21(12-10-20)37(33,34)30-25-27-14-5-15-28-25/h2-16H,17H2,1H3,(H,29,32)(H,27,28,30). The van der Waals surface area contributed by atoms with E-state index in [2.05, 4.69) is 20.0 Å². The number of nitrogens with zero attached hydrogens (tertiary/aromatic N) is 3. The average molecular weight is 572 g/mol. The van der Waals surface area contributed by atoms with Crippen LogP contribution in [0.4, 0.5) is 17.3 Å². The summed E-state index contributed by atoms with van der Waals surface area (Å²) in [5.41, 5.74) is 1.13. The zero-order valence-corrected chi connectivity index (χ0v) is 22.3. The molecule has 0 aliphatic heterocycles. The first-order valence-electron chi connectivity index (χ1n) is 11.1. The maximum Gasteiger partial charge on any atom is 0.264 e. The molecule has 2 N–H and O–H groups in total. The van der Waals surface area contributed by atoms with Crippen molar-refractivity contribution in [2.24, 2.45) is 0 Å². The van der Waals surface area contributed by atoms with Gasteiger partial charge in [-0.15, -0.1) is 0 Å². The molecule has 1 amide bonds. The molecule has 0 bridgehead atoms. The number of hydrogen-bond donors (Lipinski definition) is 2. The van der Waals surface area contributed by atoms with Gasteiger partial charge in [-0.25, -0.2) is 31.5 Å². The molecule has 0 aliphatic carbocycles. The SMILES string of the molecule is Cc1cc(Cl)ccc1N(CC(=O)Nc1ccc(S(=O)(=O)Nc2ncccn2)cc1)S(=O)(=O)c1ccccc1. The van der Waals surface area contributed by atoms with Crippen molar-refractivity contribution in [3.63, 3.8) is 0 Å². The van der Waals surface area contributed by atoms with Gasteiger partial charge in [-0.1, -0.05) is 29.8 Å². The van der Waals surface area contributed by atoms with E-state index in [9.17, 15) is 21.6 Å². The van der Waals surface area contributed by atoms with E-state index in [0.717, 1.165) is 4.31 Å². The zero-order valence-electron chi connectivity index (χ0n) is 19.9. The highest BCUT2D eigenvalue weighted by atomic mass is 35.5. The van der Waals surface area contributed by atoms with E-state index in [1.54, 1.807) is 43.3 Å². The number of rotatable bonds is 9. The number of nitrogens with one attached hydrogen (secondary N) is 2. The molecule has 13 heteroatoms. The highest BCUT2D eigenvalue weighted by molar-refractivity contribution is 7.93. The fourth-order valence-corrected chi connectivity index (χ4v) is 6.19. The molecule has 0 saturated carbocycles. The van der Waals surface area contributed by atoms with Gasteiger partial charge in [0.2, 0.25) is 11.9 Å². The van der Waals surface area contributed by atoms with Crippen molar-refractivity contribution in [3.05, 3.63) is 102 Å². The normalized spacial score (nSPS) is 11.5. The van der Waals surface area contributed by atoms with Crippen molar-refractivity contribution in [3.8, 4) is 0 Å². The largest absolute Gasteiger partial charge is 0.325 e. The highest BCUT2D eigenvalue weighted by Gasteiger charge is 2.28. The van der Waals surface area contributed by atoms with Gasteiger partial charge in [-0.3, -0.25) is 9.10 Å². The molecule has 0 fully saturated rings.